The van der Waals surface area contributed by atoms with Crippen LogP contribution in [0.25, 0.3) is 0 Å². The van der Waals surface area contributed by atoms with Crippen molar-refractivity contribution in [1.82, 2.24) is 4.90 Å². The summed E-state index contributed by atoms with van der Waals surface area (Å²) in [4.78, 5) is 23.3. The number of aldehydes is 1. The number of likely N-dealkylation sites (tertiary alicyclic amines) is 1. The lowest BCUT2D eigenvalue weighted by atomic mass is 10.1. The molecule has 0 aromatic carbocycles. The molecular weight excluding hydrogens is 170 g/mol. The molecule has 1 fully saturated rings. The van der Waals surface area contributed by atoms with Gasteiger partial charge in [-0.1, -0.05) is 0 Å². The van der Waals surface area contributed by atoms with Crippen molar-refractivity contribution in [3.63, 3.8) is 0 Å². The van der Waals surface area contributed by atoms with Gasteiger partial charge in [-0.2, -0.15) is 0 Å². The van der Waals surface area contributed by atoms with Crippen molar-refractivity contribution in [1.29, 1.82) is 0 Å². The largest absolute Gasteiger partial charge is 0.447 e. The zero-order chi connectivity index (χ0) is 9.84. The van der Waals surface area contributed by atoms with E-state index in [0.717, 1.165) is 12.7 Å². The summed E-state index contributed by atoms with van der Waals surface area (Å²) in [5.41, 5.74) is 0. The van der Waals surface area contributed by atoms with Crippen LogP contribution >= 0.6 is 0 Å². The van der Waals surface area contributed by atoms with Gasteiger partial charge in [0.1, 0.15) is 6.29 Å². The Labute approximate surface area is 77.8 Å². The molecule has 0 bridgehead atoms. The molecule has 0 spiro atoms. The second-order valence-electron chi connectivity index (χ2n) is 3.56. The van der Waals surface area contributed by atoms with E-state index in [1.807, 2.05) is 13.8 Å². The van der Waals surface area contributed by atoms with E-state index in [-0.39, 0.29) is 18.1 Å². The van der Waals surface area contributed by atoms with Crippen molar-refractivity contribution in [3.8, 4) is 0 Å². The number of hydrogen-bond acceptors (Lipinski definition) is 3. The maximum absolute atomic E-state index is 11.3. The molecule has 4 nitrogen and oxygen atoms in total. The Balaban J connectivity index is 2.37. The topological polar surface area (TPSA) is 46.6 Å². The van der Waals surface area contributed by atoms with Crippen LogP contribution in [0.3, 0.4) is 0 Å². The Morgan fingerprint density at radius 1 is 1.62 bits per heavy atom. The van der Waals surface area contributed by atoms with Crippen molar-refractivity contribution in [2.45, 2.75) is 26.4 Å². The highest BCUT2D eigenvalue weighted by Gasteiger charge is 2.26. The quantitative estimate of drug-likeness (QED) is 0.604. The summed E-state index contributed by atoms with van der Waals surface area (Å²) in [5.74, 6) is -0.000266. The monoisotopic (exact) mass is 185 g/mol. The number of carbonyl (C=O) groups is 2. The van der Waals surface area contributed by atoms with Gasteiger partial charge in [-0.15, -0.1) is 0 Å². The normalized spacial score (nSPS) is 22.1. The zero-order valence-corrected chi connectivity index (χ0v) is 8.03. The highest BCUT2D eigenvalue weighted by Crippen LogP contribution is 2.15. The standard InChI is InChI=1S/C9H15NO3/c1-7(2)13-9(12)10-4-3-8(5-10)6-11/h6-8H,3-5H2,1-2H3/t8-/m0/s1. The molecule has 74 valence electrons. The van der Waals surface area contributed by atoms with Crippen LogP contribution in [0.1, 0.15) is 20.3 Å². The first-order valence-corrected chi connectivity index (χ1v) is 4.54. The highest BCUT2D eigenvalue weighted by molar-refractivity contribution is 5.69. The molecule has 0 aromatic heterocycles. The van der Waals surface area contributed by atoms with Crippen LogP contribution in [0.2, 0.25) is 0 Å². The van der Waals surface area contributed by atoms with Crippen LogP contribution < -0.4 is 0 Å². The summed E-state index contributed by atoms with van der Waals surface area (Å²) in [6, 6.07) is 0. The molecule has 1 aliphatic rings. The number of rotatable bonds is 2. The van der Waals surface area contributed by atoms with Crippen molar-refractivity contribution in [2.24, 2.45) is 5.92 Å². The molecule has 0 radical (unpaired) electrons. The van der Waals surface area contributed by atoms with Gasteiger partial charge in [-0.05, 0) is 20.3 Å². The number of ether oxygens (including phenoxy) is 1. The summed E-state index contributed by atoms with van der Waals surface area (Å²) in [5, 5.41) is 0. The average Bonchev–Trinajstić information content (AvgIpc) is 2.50. The van der Waals surface area contributed by atoms with Crippen LogP contribution in [0.4, 0.5) is 4.79 Å². The first kappa shape index (κ1) is 10.0. The molecule has 4 heteroatoms. The molecule has 1 aliphatic heterocycles. The summed E-state index contributed by atoms with van der Waals surface area (Å²) >= 11 is 0. The predicted molar refractivity (Wildman–Crippen MR) is 47.4 cm³/mol. The Hall–Kier alpha value is -1.06. The second kappa shape index (κ2) is 4.25. The van der Waals surface area contributed by atoms with Crippen LogP contribution in [0, 0.1) is 5.92 Å². The van der Waals surface area contributed by atoms with E-state index in [1.165, 1.54) is 0 Å². The summed E-state index contributed by atoms with van der Waals surface area (Å²) < 4.78 is 5.00. The fraction of sp³-hybridized carbons (Fsp3) is 0.778. The van der Waals surface area contributed by atoms with E-state index < -0.39 is 0 Å². The van der Waals surface area contributed by atoms with Crippen molar-refractivity contribution >= 4 is 12.4 Å². The maximum Gasteiger partial charge on any atom is 0.410 e. The molecular formula is C9H15NO3. The first-order valence-electron chi connectivity index (χ1n) is 4.54. The number of carbonyl (C=O) groups excluding carboxylic acids is 2. The zero-order valence-electron chi connectivity index (χ0n) is 8.03. The average molecular weight is 185 g/mol. The number of hydrogen-bond donors (Lipinski definition) is 0. The minimum Gasteiger partial charge on any atom is -0.447 e. The SMILES string of the molecule is CC(C)OC(=O)N1CC[C@H](C=O)C1. The Morgan fingerprint density at radius 3 is 2.77 bits per heavy atom. The van der Waals surface area contributed by atoms with E-state index in [1.54, 1.807) is 4.90 Å². The number of nitrogens with zero attached hydrogens (tertiary/aromatic N) is 1. The van der Waals surface area contributed by atoms with Gasteiger partial charge in [0.25, 0.3) is 0 Å². The molecule has 13 heavy (non-hydrogen) atoms. The van der Waals surface area contributed by atoms with E-state index in [4.69, 9.17) is 4.74 Å². The molecule has 1 heterocycles. The summed E-state index contributed by atoms with van der Waals surface area (Å²) in [6.07, 6.45) is 1.27. The lowest BCUT2D eigenvalue weighted by molar-refractivity contribution is -0.110. The first-order chi connectivity index (χ1) is 6.13. The van der Waals surface area contributed by atoms with Gasteiger partial charge in [0, 0.05) is 19.0 Å². The Kier molecular flexibility index (Phi) is 3.28. The highest BCUT2D eigenvalue weighted by atomic mass is 16.6. The van der Waals surface area contributed by atoms with E-state index in [0.29, 0.717) is 13.1 Å². The molecule has 1 amide bonds. The van der Waals surface area contributed by atoms with Gasteiger partial charge in [-0.3, -0.25) is 0 Å². The minimum absolute atomic E-state index is 0.000266. The third kappa shape index (κ3) is 2.72. The van der Waals surface area contributed by atoms with Crippen LogP contribution in [-0.2, 0) is 9.53 Å². The third-order valence-electron chi connectivity index (χ3n) is 2.01. The van der Waals surface area contributed by atoms with Gasteiger partial charge < -0.3 is 14.4 Å². The fourth-order valence-electron chi connectivity index (χ4n) is 1.34. The molecule has 1 saturated heterocycles. The van der Waals surface area contributed by atoms with Crippen LogP contribution in [-0.4, -0.2) is 36.5 Å². The minimum atomic E-state index is -0.306. The van der Waals surface area contributed by atoms with Gasteiger partial charge >= 0.3 is 6.09 Å². The Morgan fingerprint density at radius 2 is 2.31 bits per heavy atom. The molecule has 0 unspecified atom stereocenters. The van der Waals surface area contributed by atoms with E-state index >= 15 is 0 Å². The van der Waals surface area contributed by atoms with E-state index in [2.05, 4.69) is 0 Å². The predicted octanol–water partition coefficient (Wildman–Crippen LogP) is 1.05. The van der Waals surface area contributed by atoms with Gasteiger partial charge in [0.15, 0.2) is 0 Å². The smallest absolute Gasteiger partial charge is 0.410 e. The van der Waals surface area contributed by atoms with Gasteiger partial charge in [0.2, 0.25) is 0 Å². The molecule has 1 atom stereocenters. The number of amides is 1. The van der Waals surface area contributed by atoms with Crippen molar-refractivity contribution < 1.29 is 14.3 Å². The van der Waals surface area contributed by atoms with E-state index in [9.17, 15) is 9.59 Å². The van der Waals surface area contributed by atoms with Gasteiger partial charge in [0.05, 0.1) is 6.10 Å². The lowest BCUT2D eigenvalue weighted by Crippen LogP contribution is -2.31. The fourth-order valence-corrected chi connectivity index (χ4v) is 1.34. The molecule has 0 saturated carbocycles. The maximum atomic E-state index is 11.3. The summed E-state index contributed by atoms with van der Waals surface area (Å²) in [6.45, 7) is 4.76. The summed E-state index contributed by atoms with van der Waals surface area (Å²) in [7, 11) is 0. The van der Waals surface area contributed by atoms with Crippen LogP contribution in [0.5, 0.6) is 0 Å². The second-order valence-corrected chi connectivity index (χ2v) is 3.56. The van der Waals surface area contributed by atoms with Crippen molar-refractivity contribution in [3.05, 3.63) is 0 Å². The third-order valence-corrected chi connectivity index (χ3v) is 2.01. The molecule has 0 aromatic rings. The Bertz CT molecular complexity index is 203. The lowest BCUT2D eigenvalue weighted by Gasteiger charge is -2.17. The van der Waals surface area contributed by atoms with Crippen molar-refractivity contribution in [2.75, 3.05) is 13.1 Å². The molecule has 0 N–H and O–H groups in total. The van der Waals surface area contributed by atoms with Gasteiger partial charge in [-0.25, -0.2) is 4.79 Å². The van der Waals surface area contributed by atoms with Crippen LogP contribution in [0.15, 0.2) is 0 Å². The molecule has 1 rings (SSSR count). The molecule has 0 aliphatic carbocycles.